The molecule has 0 fully saturated rings. The Morgan fingerprint density at radius 3 is 1.76 bits per heavy atom. The summed E-state index contributed by atoms with van der Waals surface area (Å²) < 4.78 is 0.477. The van der Waals surface area contributed by atoms with E-state index in [2.05, 4.69) is 0 Å². The molecule has 1 aromatic heterocycles. The van der Waals surface area contributed by atoms with Gasteiger partial charge in [0.15, 0.2) is 11.9 Å². The molecular weight excluding hydrogens is 249 g/mol. The fraction of sp³-hybridized carbons (Fsp3) is 0. The molecule has 2 aromatic rings. The van der Waals surface area contributed by atoms with Crippen molar-refractivity contribution in [2.75, 3.05) is 0 Å². The van der Waals surface area contributed by atoms with Gasteiger partial charge in [-0.3, -0.25) is 4.57 Å². The fourth-order valence-electron chi connectivity index (χ4n) is 1.63. The Kier molecular flexibility index (Phi) is 4.62. The van der Waals surface area contributed by atoms with Crippen LogP contribution in [0, 0.1) is 0 Å². The van der Waals surface area contributed by atoms with E-state index >= 15 is 0 Å². The van der Waals surface area contributed by atoms with Gasteiger partial charge in [-0.25, -0.2) is 9.59 Å². The predicted molar refractivity (Wildman–Crippen MR) is 51.6 cm³/mol. The van der Waals surface area contributed by atoms with Gasteiger partial charge in [-0.2, -0.15) is 0 Å². The average molecular weight is 253 g/mol. The number of hydrogen-bond donors (Lipinski definition) is 0. The van der Waals surface area contributed by atoms with Gasteiger partial charge in [-0.1, -0.05) is 24.3 Å². The van der Waals surface area contributed by atoms with Gasteiger partial charge in [0.25, 0.3) is 0 Å². The standard InChI is InChI=1S/C11H5NO4.K/c13-5-9-7-3-1-2-4-8(7)10(6-14)12(9)11(15)16;/h1-4H,(H,15,16);/q;+1/p-1. The summed E-state index contributed by atoms with van der Waals surface area (Å²) in [7, 11) is 0. The summed E-state index contributed by atoms with van der Waals surface area (Å²) in [5.74, 6) is 2.98. The van der Waals surface area contributed by atoms with E-state index in [1.54, 1.807) is 12.1 Å². The number of benzene rings is 1. The van der Waals surface area contributed by atoms with Crippen LogP contribution < -0.4 is 67.2 Å². The smallest absolute Gasteiger partial charge is 0.529 e. The van der Waals surface area contributed by atoms with E-state index in [9.17, 15) is 19.5 Å². The van der Waals surface area contributed by atoms with Crippen molar-refractivity contribution in [3.63, 3.8) is 0 Å². The van der Waals surface area contributed by atoms with E-state index in [1.165, 1.54) is 24.0 Å². The van der Waals surface area contributed by atoms with Crippen LogP contribution in [0.2, 0.25) is 0 Å². The first-order valence-corrected chi connectivity index (χ1v) is 4.31. The minimum Gasteiger partial charge on any atom is -0.529 e. The second-order valence-electron chi connectivity index (χ2n) is 3.05. The third kappa shape index (κ3) is 2.20. The molecule has 2 rings (SSSR count). The molecule has 0 aliphatic carbocycles. The van der Waals surface area contributed by atoms with E-state index in [1.807, 2.05) is 0 Å². The van der Waals surface area contributed by atoms with Crippen LogP contribution in [-0.2, 0) is 9.59 Å². The van der Waals surface area contributed by atoms with E-state index in [4.69, 9.17) is 0 Å². The Hall–Kier alpha value is -0.974. The van der Waals surface area contributed by atoms with Crippen LogP contribution in [0.5, 0.6) is 0 Å². The van der Waals surface area contributed by atoms with Crippen LogP contribution in [0.3, 0.4) is 0 Å². The van der Waals surface area contributed by atoms with E-state index in [0.717, 1.165) is 0 Å². The number of rotatable bonds is 0. The molecule has 17 heavy (non-hydrogen) atoms. The van der Waals surface area contributed by atoms with Crippen molar-refractivity contribution in [3.05, 3.63) is 35.0 Å². The molecule has 0 N–H and O–H groups in total. The van der Waals surface area contributed by atoms with Crippen LogP contribution in [0.25, 0.3) is 10.8 Å². The molecule has 1 heterocycles. The molecule has 0 saturated heterocycles. The molecule has 1 aromatic carbocycles. The van der Waals surface area contributed by atoms with Crippen LogP contribution in [0.1, 0.15) is 0 Å². The van der Waals surface area contributed by atoms with Crippen LogP contribution >= 0.6 is 0 Å². The Balaban J connectivity index is 0.00000144. The molecule has 0 bridgehead atoms. The molecule has 0 unspecified atom stereocenters. The minimum atomic E-state index is -1.66. The first kappa shape index (κ1) is 14.1. The van der Waals surface area contributed by atoms with Crippen molar-refractivity contribution in [2.45, 2.75) is 0 Å². The molecule has 0 radical (unpaired) electrons. The summed E-state index contributed by atoms with van der Waals surface area (Å²) in [5.41, 5.74) is 0. The number of carboxylic acid groups (broad SMARTS) is 1. The Bertz CT molecular complexity index is 695. The zero-order valence-electron chi connectivity index (χ0n) is 8.89. The van der Waals surface area contributed by atoms with E-state index in [0.29, 0.717) is 15.3 Å². The molecule has 5 nitrogen and oxygen atoms in total. The van der Waals surface area contributed by atoms with E-state index in [-0.39, 0.29) is 62.1 Å². The van der Waals surface area contributed by atoms with Gasteiger partial charge in [-0.05, 0) is 0 Å². The molecule has 6 heteroatoms. The Labute approximate surface area is 137 Å². The van der Waals surface area contributed by atoms with Crippen molar-refractivity contribution in [1.29, 1.82) is 0 Å². The van der Waals surface area contributed by atoms with Gasteiger partial charge in [0.1, 0.15) is 16.8 Å². The van der Waals surface area contributed by atoms with Gasteiger partial charge in [0, 0.05) is 10.8 Å². The van der Waals surface area contributed by atoms with Gasteiger partial charge in [0.05, 0.1) is 0 Å². The third-order valence-electron chi connectivity index (χ3n) is 2.26. The maximum Gasteiger partial charge on any atom is 1.00 e. The molecule has 78 valence electrons. The van der Waals surface area contributed by atoms with Crippen molar-refractivity contribution < 1.29 is 70.9 Å². The van der Waals surface area contributed by atoms with Crippen LogP contribution in [-0.4, -0.2) is 22.5 Å². The summed E-state index contributed by atoms with van der Waals surface area (Å²) in [4.78, 5) is 32.2. The third-order valence-corrected chi connectivity index (χ3v) is 2.26. The van der Waals surface area contributed by atoms with Crippen molar-refractivity contribution in [2.24, 2.45) is 0 Å². The summed E-state index contributed by atoms with van der Waals surface area (Å²) in [6, 6.07) is 6.29. The quantitative estimate of drug-likeness (QED) is 0.440. The van der Waals surface area contributed by atoms with Crippen LogP contribution in [0.4, 0.5) is 4.79 Å². The van der Waals surface area contributed by atoms with E-state index < -0.39 is 6.09 Å². The SMILES string of the molecule is O=C=c1c2ccccc2c(=C=O)n1C(=O)[O-].[K+]. The fourth-order valence-corrected chi connectivity index (χ4v) is 1.63. The summed E-state index contributed by atoms with van der Waals surface area (Å²) in [6.45, 7) is 0. The first-order chi connectivity index (χ1) is 7.70. The molecule has 0 aliphatic heterocycles. The maximum absolute atomic E-state index is 10.8. The molecule has 0 atom stereocenters. The van der Waals surface area contributed by atoms with Gasteiger partial charge >= 0.3 is 51.4 Å². The number of hydrogen-bond acceptors (Lipinski definition) is 4. The molecule has 0 aliphatic rings. The van der Waals surface area contributed by atoms with Gasteiger partial charge in [0.2, 0.25) is 0 Å². The van der Waals surface area contributed by atoms with Crippen LogP contribution in [0.15, 0.2) is 24.3 Å². The minimum absolute atomic E-state index is 0. The monoisotopic (exact) mass is 253 g/mol. The topological polar surface area (TPSA) is 79.2 Å². The zero-order valence-corrected chi connectivity index (χ0v) is 12.0. The van der Waals surface area contributed by atoms with Crippen molar-refractivity contribution in [1.82, 2.24) is 4.57 Å². The molecule has 0 amide bonds. The average Bonchev–Trinajstić information content (AvgIpc) is 2.62. The summed E-state index contributed by atoms with van der Waals surface area (Å²) >= 11 is 0. The molecular formula is C11H4KNO4. The zero-order chi connectivity index (χ0) is 11.7. The first-order valence-electron chi connectivity index (χ1n) is 4.31. The maximum atomic E-state index is 10.8. The Morgan fingerprint density at radius 2 is 1.47 bits per heavy atom. The summed E-state index contributed by atoms with van der Waals surface area (Å²) in [5, 5.41) is 11.0. The largest absolute Gasteiger partial charge is 1.00 e. The number of carbonyl (C=O) groups excluding carboxylic acids is 3. The number of carbonyl (C=O) groups is 1. The summed E-state index contributed by atoms with van der Waals surface area (Å²) in [6.07, 6.45) is -1.66. The second-order valence-corrected chi connectivity index (χ2v) is 3.05. The normalized spacial score (nSPS) is 9.18. The molecule has 0 spiro atoms. The predicted octanol–water partition coefficient (Wildman–Crippen LogP) is -5.16. The van der Waals surface area contributed by atoms with Crippen molar-refractivity contribution in [3.8, 4) is 0 Å². The van der Waals surface area contributed by atoms with Crippen molar-refractivity contribution >= 4 is 28.7 Å². The Morgan fingerprint density at radius 1 is 1.06 bits per heavy atom. The second kappa shape index (κ2) is 5.58. The number of fused-ring (bicyclic) bond motifs is 1. The molecule has 0 saturated carbocycles. The number of nitrogens with zero attached hydrogens (tertiary/aromatic N) is 1. The van der Waals surface area contributed by atoms with Gasteiger partial charge < -0.3 is 9.90 Å². The number of aromatic nitrogens is 1. The van der Waals surface area contributed by atoms with Gasteiger partial charge in [-0.15, -0.1) is 0 Å².